The van der Waals surface area contributed by atoms with Crippen molar-refractivity contribution in [2.24, 2.45) is 5.92 Å². The Hall–Kier alpha value is -1.16. The van der Waals surface area contributed by atoms with E-state index in [1.165, 1.54) is 0 Å². The van der Waals surface area contributed by atoms with Gasteiger partial charge in [0.25, 0.3) is 5.92 Å². The molecule has 4 heteroatoms. The average Bonchev–Trinajstić information content (AvgIpc) is 2.28. The van der Waals surface area contributed by atoms with Crippen LogP contribution in [0, 0.1) is 5.92 Å². The quantitative estimate of drug-likeness (QED) is 0.859. The molecule has 0 amide bonds. The molecule has 1 aliphatic heterocycles. The van der Waals surface area contributed by atoms with Crippen molar-refractivity contribution in [3.63, 3.8) is 0 Å². The van der Waals surface area contributed by atoms with Crippen molar-refractivity contribution in [3.8, 4) is 5.75 Å². The summed E-state index contributed by atoms with van der Waals surface area (Å²) in [5.41, 5.74) is 0.816. The fraction of sp³-hybridized carbons (Fsp3) is 0.500. The van der Waals surface area contributed by atoms with Crippen LogP contribution >= 0.6 is 0 Å². The molecular formula is C12H14F2O2. The van der Waals surface area contributed by atoms with Crippen LogP contribution in [-0.4, -0.2) is 24.2 Å². The zero-order chi connectivity index (χ0) is 11.6. The second-order valence-corrected chi connectivity index (χ2v) is 4.05. The Morgan fingerprint density at radius 1 is 1.38 bits per heavy atom. The summed E-state index contributed by atoms with van der Waals surface area (Å²) in [5, 5.41) is 8.61. The highest BCUT2D eigenvalue weighted by atomic mass is 19.3. The third-order valence-electron chi connectivity index (χ3n) is 2.92. The summed E-state index contributed by atoms with van der Waals surface area (Å²) in [4.78, 5) is 0. The van der Waals surface area contributed by atoms with Crippen molar-refractivity contribution in [2.45, 2.75) is 18.8 Å². The van der Waals surface area contributed by atoms with Crippen LogP contribution in [0.5, 0.6) is 5.75 Å². The number of hydrogen-bond acceptors (Lipinski definition) is 2. The van der Waals surface area contributed by atoms with E-state index in [-0.39, 0.29) is 6.61 Å². The van der Waals surface area contributed by atoms with E-state index >= 15 is 0 Å². The molecular weight excluding hydrogens is 214 g/mol. The van der Waals surface area contributed by atoms with Crippen LogP contribution < -0.4 is 4.74 Å². The Kier molecular flexibility index (Phi) is 3.10. The number of rotatable bonds is 3. The first-order valence-electron chi connectivity index (χ1n) is 5.33. The van der Waals surface area contributed by atoms with Gasteiger partial charge < -0.3 is 9.84 Å². The van der Waals surface area contributed by atoms with E-state index in [9.17, 15) is 8.78 Å². The van der Waals surface area contributed by atoms with E-state index < -0.39 is 24.9 Å². The number of halogens is 2. The van der Waals surface area contributed by atoms with Crippen molar-refractivity contribution < 1.29 is 18.6 Å². The second-order valence-electron chi connectivity index (χ2n) is 4.05. The first-order valence-corrected chi connectivity index (χ1v) is 5.33. The van der Waals surface area contributed by atoms with Gasteiger partial charge in [-0.1, -0.05) is 18.2 Å². The zero-order valence-corrected chi connectivity index (χ0v) is 8.83. The van der Waals surface area contributed by atoms with Gasteiger partial charge in [0.1, 0.15) is 5.75 Å². The second kappa shape index (κ2) is 4.37. The molecule has 1 aliphatic rings. The summed E-state index contributed by atoms with van der Waals surface area (Å²) in [6.07, 6.45) is -0.188. The van der Waals surface area contributed by atoms with E-state index in [1.807, 2.05) is 12.1 Å². The van der Waals surface area contributed by atoms with Crippen LogP contribution in [0.3, 0.4) is 0 Å². The van der Waals surface area contributed by atoms with Crippen LogP contribution in [0.1, 0.15) is 12.0 Å². The summed E-state index contributed by atoms with van der Waals surface area (Å²) in [7, 11) is 0. The van der Waals surface area contributed by atoms with Gasteiger partial charge in [0.05, 0.1) is 12.5 Å². The van der Waals surface area contributed by atoms with Gasteiger partial charge in [-0.3, -0.25) is 0 Å². The van der Waals surface area contributed by atoms with Crippen molar-refractivity contribution in [2.75, 3.05) is 13.2 Å². The highest BCUT2D eigenvalue weighted by Gasteiger charge is 2.41. The lowest BCUT2D eigenvalue weighted by Gasteiger charge is -2.31. The minimum Gasteiger partial charge on any atom is -0.493 e. The molecule has 16 heavy (non-hydrogen) atoms. The predicted octanol–water partition coefficient (Wildman–Crippen LogP) is 2.26. The molecule has 0 saturated heterocycles. The van der Waals surface area contributed by atoms with Crippen LogP contribution in [0.15, 0.2) is 24.3 Å². The number of aliphatic hydroxyl groups is 1. The molecule has 0 aromatic heterocycles. The SMILES string of the molecule is OCCC(F)(F)C1COc2ccccc2C1. The first-order chi connectivity index (χ1) is 7.63. The highest BCUT2D eigenvalue weighted by Crippen LogP contribution is 2.36. The molecule has 2 nitrogen and oxygen atoms in total. The number of para-hydroxylation sites is 1. The summed E-state index contributed by atoms with van der Waals surface area (Å²) < 4.78 is 32.4. The molecule has 1 atom stereocenters. The molecule has 0 radical (unpaired) electrons. The lowest BCUT2D eigenvalue weighted by Crippen LogP contribution is -2.37. The fourth-order valence-corrected chi connectivity index (χ4v) is 1.95. The lowest BCUT2D eigenvalue weighted by molar-refractivity contribution is -0.0909. The number of aliphatic hydroxyl groups excluding tert-OH is 1. The standard InChI is InChI=1S/C12H14F2O2/c13-12(14,5-6-15)10-7-9-3-1-2-4-11(9)16-8-10/h1-4,10,15H,5-8H2. The Labute approximate surface area is 92.9 Å². The van der Waals surface area contributed by atoms with Gasteiger partial charge >= 0.3 is 0 Å². The Morgan fingerprint density at radius 3 is 2.88 bits per heavy atom. The summed E-state index contributed by atoms with van der Waals surface area (Å²) >= 11 is 0. The molecule has 88 valence electrons. The van der Waals surface area contributed by atoms with Gasteiger partial charge in [-0.25, -0.2) is 8.78 Å². The number of benzene rings is 1. The third kappa shape index (κ3) is 2.16. The highest BCUT2D eigenvalue weighted by molar-refractivity contribution is 5.35. The molecule has 1 N–H and O–H groups in total. The molecule has 1 unspecified atom stereocenters. The molecule has 0 fully saturated rings. The number of fused-ring (bicyclic) bond motifs is 1. The van der Waals surface area contributed by atoms with Crippen molar-refractivity contribution in [1.29, 1.82) is 0 Å². The molecule has 0 bridgehead atoms. The van der Waals surface area contributed by atoms with E-state index in [4.69, 9.17) is 9.84 Å². The third-order valence-corrected chi connectivity index (χ3v) is 2.92. The maximum atomic E-state index is 13.6. The van der Waals surface area contributed by atoms with Crippen LogP contribution in [0.25, 0.3) is 0 Å². The van der Waals surface area contributed by atoms with Crippen LogP contribution in [0.2, 0.25) is 0 Å². The molecule has 0 saturated carbocycles. The van der Waals surface area contributed by atoms with Gasteiger partial charge in [-0.15, -0.1) is 0 Å². The number of alkyl halides is 2. The number of ether oxygens (including phenoxy) is 1. The summed E-state index contributed by atoms with van der Waals surface area (Å²) in [6, 6.07) is 7.23. The average molecular weight is 228 g/mol. The van der Waals surface area contributed by atoms with Gasteiger partial charge in [0.2, 0.25) is 0 Å². The van der Waals surface area contributed by atoms with E-state index in [1.54, 1.807) is 12.1 Å². The molecule has 1 aromatic carbocycles. The normalized spacial score (nSPS) is 20.1. The first kappa shape index (κ1) is 11.3. The topological polar surface area (TPSA) is 29.5 Å². The van der Waals surface area contributed by atoms with E-state index in [0.29, 0.717) is 12.2 Å². The zero-order valence-electron chi connectivity index (χ0n) is 8.83. The minimum atomic E-state index is -2.86. The largest absolute Gasteiger partial charge is 0.493 e. The van der Waals surface area contributed by atoms with E-state index in [2.05, 4.69) is 0 Å². The van der Waals surface area contributed by atoms with Crippen LogP contribution in [0.4, 0.5) is 8.78 Å². The lowest BCUT2D eigenvalue weighted by atomic mass is 9.90. The molecule has 2 rings (SSSR count). The Bertz CT molecular complexity index is 366. The molecule has 0 spiro atoms. The Morgan fingerprint density at radius 2 is 2.12 bits per heavy atom. The van der Waals surface area contributed by atoms with Crippen LogP contribution in [-0.2, 0) is 6.42 Å². The van der Waals surface area contributed by atoms with Crippen molar-refractivity contribution in [3.05, 3.63) is 29.8 Å². The Balaban J connectivity index is 2.13. The fourth-order valence-electron chi connectivity index (χ4n) is 1.95. The van der Waals surface area contributed by atoms with E-state index in [0.717, 1.165) is 5.56 Å². The van der Waals surface area contributed by atoms with Gasteiger partial charge in [0, 0.05) is 13.0 Å². The van der Waals surface area contributed by atoms with Gasteiger partial charge in [-0.2, -0.15) is 0 Å². The molecule has 0 aliphatic carbocycles. The summed E-state index contributed by atoms with van der Waals surface area (Å²) in [6.45, 7) is -0.477. The summed E-state index contributed by atoms with van der Waals surface area (Å²) in [5.74, 6) is -3.00. The molecule has 1 heterocycles. The minimum absolute atomic E-state index is 0.0179. The van der Waals surface area contributed by atoms with Gasteiger partial charge in [-0.05, 0) is 18.1 Å². The molecule has 1 aromatic rings. The smallest absolute Gasteiger partial charge is 0.256 e. The maximum Gasteiger partial charge on any atom is 0.256 e. The van der Waals surface area contributed by atoms with Gasteiger partial charge in [0.15, 0.2) is 0 Å². The predicted molar refractivity (Wildman–Crippen MR) is 55.8 cm³/mol. The maximum absolute atomic E-state index is 13.6. The van der Waals surface area contributed by atoms with Crippen molar-refractivity contribution >= 4 is 0 Å². The number of hydrogen-bond donors (Lipinski definition) is 1. The monoisotopic (exact) mass is 228 g/mol. The van der Waals surface area contributed by atoms with Crippen molar-refractivity contribution in [1.82, 2.24) is 0 Å².